The Kier molecular flexibility index (Phi) is 4.35. The first-order chi connectivity index (χ1) is 10.1. The molecule has 0 bridgehead atoms. The predicted octanol–water partition coefficient (Wildman–Crippen LogP) is 0.960. The van der Waals surface area contributed by atoms with E-state index in [0.29, 0.717) is 17.3 Å². The van der Waals surface area contributed by atoms with Crippen LogP contribution in [0.5, 0.6) is 0 Å². The van der Waals surface area contributed by atoms with Crippen LogP contribution in [0.25, 0.3) is 0 Å². The van der Waals surface area contributed by atoms with E-state index in [9.17, 15) is 10.2 Å². The summed E-state index contributed by atoms with van der Waals surface area (Å²) in [6.45, 7) is 2.04. The molecule has 0 saturated carbocycles. The Morgan fingerprint density at radius 1 is 1.19 bits per heavy atom. The molecule has 0 radical (unpaired) electrons. The van der Waals surface area contributed by atoms with E-state index in [4.69, 9.17) is 25.8 Å². The highest BCUT2D eigenvalue weighted by Gasteiger charge is 2.48. The number of hydrogen-bond acceptors (Lipinski definition) is 6. The molecule has 2 aliphatic rings. The Morgan fingerprint density at radius 2 is 1.95 bits per heavy atom. The number of para-hydroxylation sites is 1. The zero-order valence-corrected chi connectivity index (χ0v) is 12.2. The van der Waals surface area contributed by atoms with Gasteiger partial charge in [-0.15, -0.1) is 0 Å². The highest BCUT2D eigenvalue weighted by atomic mass is 35.5. The number of anilines is 1. The normalized spacial score (nSPS) is 39.6. The maximum Gasteiger partial charge on any atom is 0.157 e. The minimum absolute atomic E-state index is 0.302. The highest BCUT2D eigenvalue weighted by molar-refractivity contribution is 6.33. The van der Waals surface area contributed by atoms with E-state index in [1.165, 1.54) is 0 Å². The Labute approximate surface area is 127 Å². The first-order valence-electron chi connectivity index (χ1n) is 6.86. The van der Waals surface area contributed by atoms with Crippen LogP contribution in [0.2, 0.25) is 5.02 Å². The number of rotatable bonds is 2. The number of ether oxygens (including phenoxy) is 3. The van der Waals surface area contributed by atoms with E-state index >= 15 is 0 Å². The molecular weight excluding hydrogens is 298 g/mol. The average molecular weight is 316 g/mol. The fourth-order valence-corrected chi connectivity index (χ4v) is 2.77. The molecular formula is C14H18ClNO5. The summed E-state index contributed by atoms with van der Waals surface area (Å²) in [6.07, 6.45) is -4.46. The second kappa shape index (κ2) is 6.08. The molecule has 1 aromatic rings. The fourth-order valence-electron chi connectivity index (χ4n) is 2.58. The molecule has 0 amide bonds. The van der Waals surface area contributed by atoms with Gasteiger partial charge < -0.3 is 29.7 Å². The number of halogens is 1. The summed E-state index contributed by atoms with van der Waals surface area (Å²) in [6, 6.07) is 7.12. The number of fused-ring (bicyclic) bond motifs is 1. The van der Waals surface area contributed by atoms with E-state index in [2.05, 4.69) is 5.32 Å². The second-order valence-corrected chi connectivity index (χ2v) is 5.61. The molecule has 0 unspecified atom stereocenters. The molecule has 2 fully saturated rings. The van der Waals surface area contributed by atoms with Gasteiger partial charge in [0, 0.05) is 0 Å². The van der Waals surface area contributed by atoms with Gasteiger partial charge in [-0.2, -0.15) is 0 Å². The third-order valence-corrected chi connectivity index (χ3v) is 4.03. The minimum atomic E-state index is -1.13. The fraction of sp³-hybridized carbons (Fsp3) is 0.571. The van der Waals surface area contributed by atoms with Crippen LogP contribution < -0.4 is 5.32 Å². The predicted molar refractivity (Wildman–Crippen MR) is 76.0 cm³/mol. The number of nitrogens with one attached hydrogen (secondary N) is 1. The monoisotopic (exact) mass is 315 g/mol. The van der Waals surface area contributed by atoms with Gasteiger partial charge in [-0.1, -0.05) is 23.7 Å². The number of aliphatic hydroxyl groups is 2. The molecule has 3 N–H and O–H groups in total. The van der Waals surface area contributed by atoms with Gasteiger partial charge in [-0.05, 0) is 19.1 Å². The molecule has 2 heterocycles. The van der Waals surface area contributed by atoms with Gasteiger partial charge in [0.05, 0.1) is 17.3 Å². The lowest BCUT2D eigenvalue weighted by Crippen LogP contribution is -2.64. The van der Waals surface area contributed by atoms with Gasteiger partial charge in [-0.3, -0.25) is 0 Å². The van der Waals surface area contributed by atoms with E-state index in [0.717, 1.165) is 0 Å². The molecule has 0 aliphatic carbocycles. The third-order valence-electron chi connectivity index (χ3n) is 3.70. The summed E-state index contributed by atoms with van der Waals surface area (Å²) >= 11 is 6.07. The van der Waals surface area contributed by atoms with Gasteiger partial charge in [-0.25, -0.2) is 0 Å². The van der Waals surface area contributed by atoms with E-state index < -0.39 is 36.9 Å². The molecule has 21 heavy (non-hydrogen) atoms. The second-order valence-electron chi connectivity index (χ2n) is 5.20. The Morgan fingerprint density at radius 3 is 2.71 bits per heavy atom. The van der Waals surface area contributed by atoms with Crippen molar-refractivity contribution in [3.63, 3.8) is 0 Å². The van der Waals surface area contributed by atoms with Crippen LogP contribution >= 0.6 is 11.6 Å². The molecule has 0 aromatic heterocycles. The zero-order chi connectivity index (χ0) is 15.0. The summed E-state index contributed by atoms with van der Waals surface area (Å²) in [5, 5.41) is 23.9. The summed E-state index contributed by atoms with van der Waals surface area (Å²) < 4.78 is 16.6. The molecule has 116 valence electrons. The lowest BCUT2D eigenvalue weighted by molar-refractivity contribution is -0.317. The summed E-state index contributed by atoms with van der Waals surface area (Å²) in [5.74, 6) is 0. The van der Waals surface area contributed by atoms with Crippen LogP contribution in [0.15, 0.2) is 24.3 Å². The van der Waals surface area contributed by atoms with Crippen molar-refractivity contribution in [2.75, 3.05) is 11.9 Å². The Balaban J connectivity index is 1.74. The Bertz CT molecular complexity index is 500. The van der Waals surface area contributed by atoms with Crippen LogP contribution in [-0.2, 0) is 14.2 Å². The molecule has 6 atom stereocenters. The average Bonchev–Trinajstić information content (AvgIpc) is 2.47. The topological polar surface area (TPSA) is 80.2 Å². The van der Waals surface area contributed by atoms with E-state index in [-0.39, 0.29) is 0 Å². The van der Waals surface area contributed by atoms with E-state index in [1.54, 1.807) is 25.1 Å². The van der Waals surface area contributed by atoms with Crippen LogP contribution in [0, 0.1) is 0 Å². The highest BCUT2D eigenvalue weighted by Crippen LogP contribution is 2.30. The number of aliphatic hydroxyl groups excluding tert-OH is 2. The van der Waals surface area contributed by atoms with Crippen molar-refractivity contribution in [1.82, 2.24) is 0 Å². The van der Waals surface area contributed by atoms with Crippen molar-refractivity contribution in [3.05, 3.63) is 29.3 Å². The molecule has 2 saturated heterocycles. The maximum absolute atomic E-state index is 10.2. The summed E-state index contributed by atoms with van der Waals surface area (Å²) in [5.41, 5.74) is 0.625. The van der Waals surface area contributed by atoms with Crippen molar-refractivity contribution < 1.29 is 24.4 Å². The molecule has 3 rings (SSSR count). The minimum Gasteiger partial charge on any atom is -0.387 e. The molecule has 0 spiro atoms. The molecule has 1 aromatic carbocycles. The van der Waals surface area contributed by atoms with Crippen molar-refractivity contribution in [3.8, 4) is 0 Å². The van der Waals surface area contributed by atoms with Crippen LogP contribution in [-0.4, -0.2) is 53.8 Å². The quantitative estimate of drug-likeness (QED) is 0.754. The van der Waals surface area contributed by atoms with Gasteiger partial charge in [0.15, 0.2) is 12.5 Å². The van der Waals surface area contributed by atoms with Crippen LogP contribution in [0.3, 0.4) is 0 Å². The van der Waals surface area contributed by atoms with Crippen molar-refractivity contribution in [2.45, 2.75) is 43.9 Å². The standard InChI is InChI=1S/C14H18ClNO5/c1-7-19-6-10-13(20-7)11(17)12(18)14(21-10)16-9-5-3-2-4-8(9)15/h2-5,7,10-14,16-18H,6H2,1H3/t7-,10-,11-,12-,13-,14-/m1/s1. The Hall–Kier alpha value is -0.890. The largest absolute Gasteiger partial charge is 0.387 e. The maximum atomic E-state index is 10.2. The van der Waals surface area contributed by atoms with E-state index in [1.807, 2.05) is 6.07 Å². The number of benzene rings is 1. The van der Waals surface area contributed by atoms with Gasteiger partial charge in [0.1, 0.15) is 24.4 Å². The first-order valence-corrected chi connectivity index (χ1v) is 7.24. The van der Waals surface area contributed by atoms with Crippen molar-refractivity contribution in [1.29, 1.82) is 0 Å². The molecule has 2 aliphatic heterocycles. The molecule has 6 nitrogen and oxygen atoms in total. The van der Waals surface area contributed by atoms with Gasteiger partial charge >= 0.3 is 0 Å². The molecule has 7 heteroatoms. The lowest BCUT2D eigenvalue weighted by atomic mass is 9.97. The number of hydrogen-bond donors (Lipinski definition) is 3. The van der Waals surface area contributed by atoms with Gasteiger partial charge in [0.25, 0.3) is 0 Å². The summed E-state index contributed by atoms with van der Waals surface area (Å²) in [7, 11) is 0. The smallest absolute Gasteiger partial charge is 0.157 e. The first kappa shape index (κ1) is 15.0. The SMILES string of the molecule is C[C@@H]1OC[C@H]2O[C@@H](Nc3ccccc3Cl)[C@H](O)[C@@H](O)[C@@H]2O1. The lowest BCUT2D eigenvalue weighted by Gasteiger charge is -2.46. The van der Waals surface area contributed by atoms with Gasteiger partial charge in [0.2, 0.25) is 0 Å². The third kappa shape index (κ3) is 3.01. The summed E-state index contributed by atoms with van der Waals surface area (Å²) in [4.78, 5) is 0. The van der Waals surface area contributed by atoms with Crippen LogP contribution in [0.1, 0.15) is 6.92 Å². The van der Waals surface area contributed by atoms with Crippen molar-refractivity contribution >= 4 is 17.3 Å². The zero-order valence-electron chi connectivity index (χ0n) is 11.5. The van der Waals surface area contributed by atoms with Crippen LogP contribution in [0.4, 0.5) is 5.69 Å². The van der Waals surface area contributed by atoms with Crippen molar-refractivity contribution in [2.24, 2.45) is 0 Å².